The zero-order valence-corrected chi connectivity index (χ0v) is 13.3. The molecule has 1 N–H and O–H groups in total. The maximum atomic E-state index is 14.1. The highest BCUT2D eigenvalue weighted by atomic mass is 19.1. The molecule has 1 aromatic heterocycles. The number of nitrogens with zero attached hydrogens (tertiary/aromatic N) is 3. The van der Waals surface area contributed by atoms with Crippen LogP contribution in [0.5, 0.6) is 0 Å². The summed E-state index contributed by atoms with van der Waals surface area (Å²) in [5, 5.41) is 13.1. The molecule has 1 fully saturated rings. The molecule has 1 amide bonds. The molecule has 0 radical (unpaired) electrons. The van der Waals surface area contributed by atoms with Crippen LogP contribution in [0.3, 0.4) is 0 Å². The largest absolute Gasteiger partial charge is 0.479 e. The molecule has 132 valence electrons. The average Bonchev–Trinajstić information content (AvgIpc) is 2.95. The third-order valence-corrected chi connectivity index (χ3v) is 3.87. The van der Waals surface area contributed by atoms with E-state index >= 15 is 0 Å². The van der Waals surface area contributed by atoms with E-state index in [1.165, 1.54) is 21.8 Å². The minimum atomic E-state index is -1.16. The Labute approximate surface area is 141 Å². The number of hydrogen-bond donors (Lipinski definition) is 1. The minimum Gasteiger partial charge on any atom is -0.479 e. The number of carbonyl (C=O) groups excluding carboxylic acids is 1. The molecule has 7 nitrogen and oxygen atoms in total. The van der Waals surface area contributed by atoms with Crippen molar-refractivity contribution in [3.05, 3.63) is 41.6 Å². The molecule has 1 aliphatic heterocycles. The van der Waals surface area contributed by atoms with Crippen LogP contribution in [0.1, 0.15) is 10.4 Å². The third kappa shape index (κ3) is 3.36. The summed E-state index contributed by atoms with van der Waals surface area (Å²) < 4.78 is 33.7. The molecule has 0 spiro atoms. The number of carboxylic acid groups (broad SMARTS) is 1. The number of halogens is 2. The third-order valence-electron chi connectivity index (χ3n) is 3.87. The van der Waals surface area contributed by atoms with E-state index in [0.717, 1.165) is 6.07 Å². The Kier molecular flexibility index (Phi) is 4.49. The lowest BCUT2D eigenvalue weighted by Gasteiger charge is -2.30. The molecule has 1 atom stereocenters. The number of morpholine rings is 1. The maximum Gasteiger partial charge on any atom is 0.334 e. The second-order valence-electron chi connectivity index (χ2n) is 5.64. The number of amides is 1. The highest BCUT2D eigenvalue weighted by Gasteiger charge is 2.31. The standard InChI is InChI=1S/C16H15F2N3O4/c1-20-7-11(14(19-20)10-3-2-9(17)6-12(10)18)15(22)21-4-5-25-13(8-21)16(23)24/h2-3,6-7,13H,4-5,8H2,1H3,(H,23,24). The SMILES string of the molecule is Cn1cc(C(=O)N2CCOC(C(=O)O)C2)c(-c2ccc(F)cc2F)n1. The van der Waals surface area contributed by atoms with Gasteiger partial charge in [0.1, 0.15) is 17.3 Å². The Balaban J connectivity index is 1.95. The van der Waals surface area contributed by atoms with Gasteiger partial charge in [0.2, 0.25) is 0 Å². The number of ether oxygens (including phenoxy) is 1. The van der Waals surface area contributed by atoms with Crippen molar-refractivity contribution in [2.75, 3.05) is 19.7 Å². The lowest BCUT2D eigenvalue weighted by molar-refractivity contribution is -0.154. The van der Waals surface area contributed by atoms with E-state index in [-0.39, 0.29) is 36.5 Å². The average molecular weight is 351 g/mol. The van der Waals surface area contributed by atoms with Gasteiger partial charge in [0.25, 0.3) is 5.91 Å². The van der Waals surface area contributed by atoms with Crippen molar-refractivity contribution in [2.45, 2.75) is 6.10 Å². The van der Waals surface area contributed by atoms with Gasteiger partial charge in [-0.05, 0) is 12.1 Å². The van der Waals surface area contributed by atoms with Gasteiger partial charge in [0.05, 0.1) is 18.7 Å². The van der Waals surface area contributed by atoms with Crippen LogP contribution in [-0.4, -0.2) is 57.5 Å². The van der Waals surface area contributed by atoms with E-state index in [4.69, 9.17) is 9.84 Å². The first-order valence-corrected chi connectivity index (χ1v) is 7.49. The van der Waals surface area contributed by atoms with E-state index in [9.17, 15) is 18.4 Å². The summed E-state index contributed by atoms with van der Waals surface area (Å²) in [6.45, 7) is 0.181. The number of hydrogen-bond acceptors (Lipinski definition) is 4. The zero-order valence-electron chi connectivity index (χ0n) is 13.3. The fraction of sp³-hybridized carbons (Fsp3) is 0.312. The van der Waals surface area contributed by atoms with E-state index in [2.05, 4.69) is 5.10 Å². The van der Waals surface area contributed by atoms with Crippen LogP contribution in [0, 0.1) is 11.6 Å². The summed E-state index contributed by atoms with van der Waals surface area (Å²) in [6.07, 6.45) is 0.312. The predicted octanol–water partition coefficient (Wildman–Crippen LogP) is 1.29. The maximum absolute atomic E-state index is 14.1. The molecular weight excluding hydrogens is 336 g/mol. The Morgan fingerprint density at radius 1 is 1.36 bits per heavy atom. The van der Waals surface area contributed by atoms with Gasteiger partial charge in [0, 0.05) is 31.4 Å². The number of carbonyl (C=O) groups is 2. The Morgan fingerprint density at radius 2 is 2.12 bits per heavy atom. The molecule has 0 bridgehead atoms. The molecular formula is C16H15F2N3O4. The van der Waals surface area contributed by atoms with Crippen LogP contribution in [-0.2, 0) is 16.6 Å². The predicted molar refractivity (Wildman–Crippen MR) is 81.8 cm³/mol. The lowest BCUT2D eigenvalue weighted by Crippen LogP contribution is -2.48. The van der Waals surface area contributed by atoms with Crippen LogP contribution in [0.25, 0.3) is 11.3 Å². The summed E-state index contributed by atoms with van der Waals surface area (Å²) in [5.74, 6) is -3.21. The van der Waals surface area contributed by atoms with E-state index in [0.29, 0.717) is 6.07 Å². The van der Waals surface area contributed by atoms with Gasteiger partial charge in [-0.15, -0.1) is 0 Å². The topological polar surface area (TPSA) is 84.7 Å². The van der Waals surface area contributed by atoms with Crippen molar-refractivity contribution in [3.8, 4) is 11.3 Å². The molecule has 1 saturated heterocycles. The molecule has 25 heavy (non-hydrogen) atoms. The first kappa shape index (κ1) is 17.0. The molecule has 9 heteroatoms. The molecule has 0 aliphatic carbocycles. The van der Waals surface area contributed by atoms with E-state index < -0.39 is 29.6 Å². The van der Waals surface area contributed by atoms with Gasteiger partial charge in [0.15, 0.2) is 6.10 Å². The van der Waals surface area contributed by atoms with Crippen LogP contribution in [0.2, 0.25) is 0 Å². The van der Waals surface area contributed by atoms with Gasteiger partial charge in [-0.2, -0.15) is 5.10 Å². The Morgan fingerprint density at radius 3 is 2.80 bits per heavy atom. The molecule has 2 heterocycles. The summed E-state index contributed by atoms with van der Waals surface area (Å²) in [6, 6.07) is 3.01. The van der Waals surface area contributed by atoms with Crippen LogP contribution in [0.15, 0.2) is 24.4 Å². The van der Waals surface area contributed by atoms with Gasteiger partial charge < -0.3 is 14.7 Å². The summed E-state index contributed by atoms with van der Waals surface area (Å²) in [4.78, 5) is 25.2. The van der Waals surface area contributed by atoms with Crippen molar-refractivity contribution in [1.82, 2.24) is 14.7 Å². The smallest absolute Gasteiger partial charge is 0.334 e. The highest BCUT2D eigenvalue weighted by molar-refractivity contribution is 6.00. The van der Waals surface area contributed by atoms with Gasteiger partial charge >= 0.3 is 5.97 Å². The number of aliphatic carboxylic acids is 1. The Bertz CT molecular complexity index is 837. The highest BCUT2D eigenvalue weighted by Crippen LogP contribution is 2.27. The second kappa shape index (κ2) is 6.60. The summed E-state index contributed by atoms with van der Waals surface area (Å²) >= 11 is 0. The molecule has 3 rings (SSSR count). The number of aryl methyl sites for hydroxylation is 1. The summed E-state index contributed by atoms with van der Waals surface area (Å²) in [7, 11) is 1.57. The zero-order chi connectivity index (χ0) is 18.1. The van der Waals surface area contributed by atoms with Crippen LogP contribution in [0.4, 0.5) is 8.78 Å². The van der Waals surface area contributed by atoms with E-state index in [1.54, 1.807) is 7.05 Å². The van der Waals surface area contributed by atoms with Gasteiger partial charge in [-0.1, -0.05) is 0 Å². The number of benzene rings is 1. The minimum absolute atomic E-state index is 0.00612. The monoisotopic (exact) mass is 351 g/mol. The number of aromatic nitrogens is 2. The van der Waals surface area contributed by atoms with E-state index in [1.807, 2.05) is 0 Å². The molecule has 2 aromatic rings. The first-order chi connectivity index (χ1) is 11.9. The number of rotatable bonds is 3. The van der Waals surface area contributed by atoms with Crippen molar-refractivity contribution in [2.24, 2.45) is 7.05 Å². The van der Waals surface area contributed by atoms with Crippen LogP contribution < -0.4 is 0 Å². The number of carboxylic acids is 1. The lowest BCUT2D eigenvalue weighted by atomic mass is 10.1. The Hall–Kier alpha value is -2.81. The van der Waals surface area contributed by atoms with Gasteiger partial charge in [-0.3, -0.25) is 9.48 Å². The first-order valence-electron chi connectivity index (χ1n) is 7.49. The van der Waals surface area contributed by atoms with Crippen LogP contribution >= 0.6 is 0 Å². The van der Waals surface area contributed by atoms with Crippen molar-refractivity contribution in [1.29, 1.82) is 0 Å². The molecule has 1 unspecified atom stereocenters. The van der Waals surface area contributed by atoms with Gasteiger partial charge in [-0.25, -0.2) is 13.6 Å². The fourth-order valence-corrected chi connectivity index (χ4v) is 2.68. The molecule has 1 aliphatic rings. The molecule has 0 saturated carbocycles. The van der Waals surface area contributed by atoms with Crippen molar-refractivity contribution >= 4 is 11.9 Å². The normalized spacial score (nSPS) is 17.6. The molecule has 1 aromatic carbocycles. The second-order valence-corrected chi connectivity index (χ2v) is 5.64. The van der Waals surface area contributed by atoms with Crippen molar-refractivity contribution < 1.29 is 28.2 Å². The van der Waals surface area contributed by atoms with Crippen molar-refractivity contribution in [3.63, 3.8) is 0 Å². The quantitative estimate of drug-likeness (QED) is 0.901. The summed E-state index contributed by atoms with van der Waals surface area (Å²) in [5.41, 5.74) is 0.177. The fourth-order valence-electron chi connectivity index (χ4n) is 2.68.